The van der Waals surface area contributed by atoms with E-state index in [9.17, 15) is 4.79 Å². The minimum atomic E-state index is -0.263. The molecule has 124 valence electrons. The molecule has 0 saturated heterocycles. The van der Waals surface area contributed by atoms with E-state index in [0.717, 1.165) is 17.7 Å². The van der Waals surface area contributed by atoms with Gasteiger partial charge in [-0.15, -0.1) is 0 Å². The molecule has 5 nitrogen and oxygen atoms in total. The summed E-state index contributed by atoms with van der Waals surface area (Å²) in [5.41, 5.74) is 1.51. The molecule has 2 unspecified atom stereocenters. The number of rotatable bonds is 7. The van der Waals surface area contributed by atoms with Crippen molar-refractivity contribution in [2.75, 3.05) is 19.5 Å². The fourth-order valence-corrected chi connectivity index (χ4v) is 2.27. The molecule has 1 rings (SSSR count). The number of anilines is 1. The Kier molecular flexibility index (Phi) is 6.84. The molecule has 0 aliphatic rings. The number of hydrogen-bond donors (Lipinski definition) is 2. The van der Waals surface area contributed by atoms with Crippen LogP contribution in [0.1, 0.15) is 45.8 Å². The van der Waals surface area contributed by atoms with Gasteiger partial charge in [0, 0.05) is 25.9 Å². The fourth-order valence-electron chi connectivity index (χ4n) is 2.27. The zero-order valence-electron chi connectivity index (χ0n) is 14.4. The van der Waals surface area contributed by atoms with Gasteiger partial charge in [0.05, 0.1) is 11.7 Å². The van der Waals surface area contributed by atoms with Gasteiger partial charge in [-0.25, -0.2) is 4.79 Å². The Hall–Kier alpha value is -1.59. The summed E-state index contributed by atoms with van der Waals surface area (Å²) in [5, 5.41) is 5.77. The molecule has 0 spiro atoms. The topological polar surface area (TPSA) is 59.6 Å². The van der Waals surface area contributed by atoms with E-state index in [-0.39, 0.29) is 23.8 Å². The molecular formula is C17H28N2O3. The Morgan fingerprint density at radius 2 is 1.95 bits per heavy atom. The molecule has 1 aromatic rings. The summed E-state index contributed by atoms with van der Waals surface area (Å²) in [5.74, 6) is 0. The lowest BCUT2D eigenvalue weighted by atomic mass is 10.00. The first-order valence-corrected chi connectivity index (χ1v) is 7.53. The number of hydrogen-bond acceptors (Lipinski definition) is 3. The molecule has 0 radical (unpaired) electrons. The third-order valence-electron chi connectivity index (χ3n) is 3.70. The van der Waals surface area contributed by atoms with Crippen molar-refractivity contribution in [1.29, 1.82) is 0 Å². The van der Waals surface area contributed by atoms with Crippen LogP contribution in [0.2, 0.25) is 0 Å². The van der Waals surface area contributed by atoms with Crippen LogP contribution in [-0.2, 0) is 9.47 Å². The van der Waals surface area contributed by atoms with Crippen molar-refractivity contribution in [2.45, 2.75) is 51.9 Å². The standard InChI is InChI=1S/C17H28N2O3/c1-12(11-17(3,4)22-6)18-16(20)19-15-9-7-8-14(10-15)13(2)21-5/h7-10,12-13H,11H2,1-6H3,(H2,18,19,20). The first kappa shape index (κ1) is 18.5. The highest BCUT2D eigenvalue weighted by Crippen LogP contribution is 2.20. The van der Waals surface area contributed by atoms with Gasteiger partial charge in [0.1, 0.15) is 0 Å². The van der Waals surface area contributed by atoms with Crippen molar-refractivity contribution in [3.05, 3.63) is 29.8 Å². The van der Waals surface area contributed by atoms with Gasteiger partial charge in [0.2, 0.25) is 0 Å². The maximum Gasteiger partial charge on any atom is 0.319 e. The highest BCUT2D eigenvalue weighted by atomic mass is 16.5. The van der Waals surface area contributed by atoms with Gasteiger partial charge in [-0.3, -0.25) is 0 Å². The molecule has 1 aromatic carbocycles. The minimum absolute atomic E-state index is 0.00811. The summed E-state index contributed by atoms with van der Waals surface area (Å²) in [6, 6.07) is 7.43. The van der Waals surface area contributed by atoms with Crippen LogP contribution in [0.5, 0.6) is 0 Å². The van der Waals surface area contributed by atoms with E-state index >= 15 is 0 Å². The summed E-state index contributed by atoms with van der Waals surface area (Å²) in [6.07, 6.45) is 0.726. The Morgan fingerprint density at radius 1 is 1.27 bits per heavy atom. The average Bonchev–Trinajstić information content (AvgIpc) is 2.45. The van der Waals surface area contributed by atoms with Crippen molar-refractivity contribution in [3.63, 3.8) is 0 Å². The van der Waals surface area contributed by atoms with E-state index in [1.807, 2.05) is 52.0 Å². The van der Waals surface area contributed by atoms with Crippen LogP contribution in [-0.4, -0.2) is 31.9 Å². The number of benzene rings is 1. The van der Waals surface area contributed by atoms with E-state index in [0.29, 0.717) is 0 Å². The largest absolute Gasteiger partial charge is 0.379 e. The third kappa shape index (κ3) is 6.03. The number of urea groups is 1. The van der Waals surface area contributed by atoms with Crippen molar-refractivity contribution < 1.29 is 14.3 Å². The van der Waals surface area contributed by atoms with Crippen LogP contribution in [0.4, 0.5) is 10.5 Å². The second kappa shape index (κ2) is 8.15. The number of methoxy groups -OCH3 is 2. The lowest BCUT2D eigenvalue weighted by Gasteiger charge is -2.27. The fraction of sp³-hybridized carbons (Fsp3) is 0.588. The van der Waals surface area contributed by atoms with Gasteiger partial charge in [-0.1, -0.05) is 12.1 Å². The van der Waals surface area contributed by atoms with E-state index in [2.05, 4.69) is 10.6 Å². The lowest BCUT2D eigenvalue weighted by Crippen LogP contribution is -2.40. The molecule has 0 aromatic heterocycles. The average molecular weight is 308 g/mol. The number of ether oxygens (including phenoxy) is 2. The third-order valence-corrected chi connectivity index (χ3v) is 3.70. The Morgan fingerprint density at radius 3 is 2.55 bits per heavy atom. The highest BCUT2D eigenvalue weighted by molar-refractivity contribution is 5.89. The second-order valence-electron chi connectivity index (χ2n) is 6.17. The molecule has 0 bridgehead atoms. The Bertz CT molecular complexity index is 489. The van der Waals surface area contributed by atoms with Gasteiger partial charge >= 0.3 is 6.03 Å². The molecule has 0 aliphatic carbocycles. The summed E-state index contributed by atoms with van der Waals surface area (Å²) in [4.78, 5) is 12.1. The molecule has 0 aliphatic heterocycles. The van der Waals surface area contributed by atoms with Crippen LogP contribution in [0.3, 0.4) is 0 Å². The smallest absolute Gasteiger partial charge is 0.319 e. The molecule has 0 fully saturated rings. The summed E-state index contributed by atoms with van der Waals surface area (Å²) < 4.78 is 10.7. The minimum Gasteiger partial charge on any atom is -0.379 e. The van der Waals surface area contributed by atoms with E-state index in [4.69, 9.17) is 9.47 Å². The van der Waals surface area contributed by atoms with E-state index in [1.54, 1.807) is 14.2 Å². The number of carbonyl (C=O) groups is 1. The van der Waals surface area contributed by atoms with E-state index in [1.165, 1.54) is 0 Å². The van der Waals surface area contributed by atoms with Crippen molar-refractivity contribution >= 4 is 11.7 Å². The number of nitrogens with one attached hydrogen (secondary N) is 2. The number of carbonyl (C=O) groups excluding carboxylic acids is 1. The normalized spacial score (nSPS) is 14.3. The molecule has 22 heavy (non-hydrogen) atoms. The van der Waals surface area contributed by atoms with Gasteiger partial charge in [-0.05, 0) is 51.8 Å². The molecule has 2 N–H and O–H groups in total. The van der Waals surface area contributed by atoms with Gasteiger partial charge in [0.25, 0.3) is 0 Å². The van der Waals surface area contributed by atoms with Crippen molar-refractivity contribution in [2.24, 2.45) is 0 Å². The van der Waals surface area contributed by atoms with Crippen molar-refractivity contribution in [3.8, 4) is 0 Å². The maximum absolute atomic E-state index is 12.1. The SMILES string of the molecule is COC(C)c1cccc(NC(=O)NC(C)CC(C)(C)OC)c1. The van der Waals surface area contributed by atoms with Crippen LogP contribution in [0.15, 0.2) is 24.3 Å². The maximum atomic E-state index is 12.1. The molecule has 0 saturated carbocycles. The van der Waals surface area contributed by atoms with Crippen LogP contribution in [0, 0.1) is 0 Å². The molecule has 0 heterocycles. The van der Waals surface area contributed by atoms with Crippen LogP contribution in [0.25, 0.3) is 0 Å². The van der Waals surface area contributed by atoms with Crippen molar-refractivity contribution in [1.82, 2.24) is 5.32 Å². The first-order chi connectivity index (χ1) is 10.3. The van der Waals surface area contributed by atoms with E-state index < -0.39 is 0 Å². The summed E-state index contributed by atoms with van der Waals surface area (Å²) >= 11 is 0. The second-order valence-corrected chi connectivity index (χ2v) is 6.17. The zero-order chi connectivity index (χ0) is 16.8. The highest BCUT2D eigenvalue weighted by Gasteiger charge is 2.21. The Balaban J connectivity index is 2.58. The van der Waals surface area contributed by atoms with Crippen LogP contribution >= 0.6 is 0 Å². The van der Waals surface area contributed by atoms with Crippen LogP contribution < -0.4 is 10.6 Å². The van der Waals surface area contributed by atoms with Gasteiger partial charge < -0.3 is 20.1 Å². The quantitative estimate of drug-likeness (QED) is 0.807. The molecule has 5 heteroatoms. The Labute approximate surface area is 133 Å². The predicted octanol–water partition coefficient (Wildman–Crippen LogP) is 3.72. The molecule has 2 amide bonds. The lowest BCUT2D eigenvalue weighted by molar-refractivity contribution is 0.00963. The molecular weight excluding hydrogens is 280 g/mol. The number of amides is 2. The van der Waals surface area contributed by atoms with Gasteiger partial charge in [0.15, 0.2) is 0 Å². The zero-order valence-corrected chi connectivity index (χ0v) is 14.4. The molecule has 2 atom stereocenters. The summed E-state index contributed by atoms with van der Waals surface area (Å²) in [7, 11) is 3.34. The monoisotopic (exact) mass is 308 g/mol. The van der Waals surface area contributed by atoms with Gasteiger partial charge in [-0.2, -0.15) is 0 Å². The first-order valence-electron chi connectivity index (χ1n) is 7.53. The summed E-state index contributed by atoms with van der Waals surface area (Å²) in [6.45, 7) is 7.93. The predicted molar refractivity (Wildman–Crippen MR) is 89.2 cm³/mol.